The number of likely N-dealkylation sites (N-methyl/N-ethyl adjacent to an activating group) is 1. The number of aryl methyl sites for hydroxylation is 1. The molecule has 0 aromatic carbocycles. The van der Waals surface area contributed by atoms with E-state index in [9.17, 15) is 24.3 Å². The second-order valence-corrected chi connectivity index (χ2v) is 17.5. The molecule has 3 fully saturated rings. The number of cyclic esters (lactones) is 1. The van der Waals surface area contributed by atoms with E-state index in [1.807, 2.05) is 56.3 Å². The first-order chi connectivity index (χ1) is 27.3. The summed E-state index contributed by atoms with van der Waals surface area (Å²) in [7, 11) is 3.43. The van der Waals surface area contributed by atoms with Gasteiger partial charge in [0, 0.05) is 50.2 Å². The van der Waals surface area contributed by atoms with Crippen molar-refractivity contribution in [2.75, 3.05) is 27.2 Å². The van der Waals surface area contributed by atoms with Gasteiger partial charge in [-0.25, -0.2) is 14.8 Å². The fourth-order valence-electron chi connectivity index (χ4n) is 9.86. The fourth-order valence-corrected chi connectivity index (χ4v) is 9.86. The lowest BCUT2D eigenvalue weighted by Crippen LogP contribution is -2.65. The Morgan fingerprint density at radius 3 is 2.33 bits per heavy atom. The maximum Gasteiger partial charge on any atom is 0.410 e. The highest BCUT2D eigenvalue weighted by atomic mass is 16.7. The molecule has 5 rings (SSSR count). The molecule has 0 aliphatic carbocycles. The number of Topliss-reactive ketones (excluding diaryl/α,β-unsaturated/α-hetero) is 2. The van der Waals surface area contributed by atoms with Crippen LogP contribution in [-0.2, 0) is 44.6 Å². The molecular weight excluding hydrogens is 746 g/mol. The standard InChI is InChI=1S/C43H67N5O10/c1-13-32-42(9)35(48(40(53)58-42)21-16-15-20-47-24-45-38-30(47)18-17-19-44-38)27(5)33(49)25(3)23-41(8,54-12)37(28(6)34(50)29(7)39(52)55-32)57-43(10)36(51)31(46(11)14-2)22-26(4)56-43/h17-19,24-29,31-32,35-37,51H,13-16,20-23H2,1-12H3/t25-,26-,27+,28+,29-,31+,32-,35-,36-,37-,41-,42-,43+/m1/s1. The zero-order chi connectivity index (χ0) is 42.9. The van der Waals surface area contributed by atoms with Crippen LogP contribution in [0.1, 0.15) is 101 Å². The van der Waals surface area contributed by atoms with Crippen LogP contribution in [0.25, 0.3) is 11.2 Å². The fraction of sp³-hybridized carbons (Fsp3) is 0.767. The Morgan fingerprint density at radius 1 is 0.983 bits per heavy atom. The average molecular weight is 814 g/mol. The van der Waals surface area contributed by atoms with Gasteiger partial charge in [0.05, 0.1) is 35.7 Å². The molecule has 3 aliphatic heterocycles. The molecule has 3 saturated heterocycles. The van der Waals surface area contributed by atoms with Crippen LogP contribution >= 0.6 is 0 Å². The lowest BCUT2D eigenvalue weighted by molar-refractivity contribution is -0.354. The maximum absolute atomic E-state index is 14.8. The van der Waals surface area contributed by atoms with Crippen molar-refractivity contribution < 1.29 is 48.0 Å². The predicted octanol–water partition coefficient (Wildman–Crippen LogP) is 5.20. The predicted molar refractivity (Wildman–Crippen MR) is 216 cm³/mol. The number of methoxy groups -OCH3 is 1. The van der Waals surface area contributed by atoms with Crippen molar-refractivity contribution >= 4 is 34.8 Å². The van der Waals surface area contributed by atoms with Gasteiger partial charge in [-0.1, -0.05) is 34.6 Å². The van der Waals surface area contributed by atoms with E-state index in [2.05, 4.69) is 9.97 Å². The Bertz CT molecular complexity index is 1790. The first kappa shape index (κ1) is 45.6. The first-order valence-electron chi connectivity index (χ1n) is 21.1. The van der Waals surface area contributed by atoms with Gasteiger partial charge in [-0.15, -0.1) is 0 Å². The number of hydrogen-bond acceptors (Lipinski definition) is 13. The molecule has 0 bridgehead atoms. The molecule has 13 atom stereocenters. The number of pyridine rings is 1. The minimum atomic E-state index is -1.57. The van der Waals surface area contributed by atoms with Gasteiger partial charge in [-0.2, -0.15) is 0 Å². The normalized spacial score (nSPS) is 38.1. The van der Waals surface area contributed by atoms with Crippen LogP contribution in [0.3, 0.4) is 0 Å². The molecule has 324 valence electrons. The molecular formula is C43H67N5O10. The van der Waals surface area contributed by atoms with Crippen LogP contribution in [0.4, 0.5) is 4.79 Å². The Balaban J connectivity index is 1.48. The number of amides is 1. The monoisotopic (exact) mass is 813 g/mol. The number of nitrogens with zero attached hydrogens (tertiary/aromatic N) is 5. The van der Waals surface area contributed by atoms with E-state index in [0.717, 1.165) is 5.52 Å². The highest BCUT2D eigenvalue weighted by molar-refractivity contribution is 6.00. The number of unbranched alkanes of at least 4 members (excludes halogenated alkanes) is 1. The number of ether oxygens (including phenoxy) is 5. The molecule has 0 unspecified atom stereocenters. The number of carbonyl (C=O) groups is 4. The first-order valence-corrected chi connectivity index (χ1v) is 21.1. The smallest absolute Gasteiger partial charge is 0.410 e. The summed E-state index contributed by atoms with van der Waals surface area (Å²) < 4.78 is 33.8. The molecule has 1 N–H and O–H groups in total. The topological polar surface area (TPSA) is 172 Å². The second kappa shape index (κ2) is 18.0. The number of imidazole rings is 1. The lowest BCUT2D eigenvalue weighted by atomic mass is 9.73. The van der Waals surface area contributed by atoms with E-state index in [4.69, 9.17) is 23.7 Å². The summed E-state index contributed by atoms with van der Waals surface area (Å²) >= 11 is 0. The van der Waals surface area contributed by atoms with E-state index < -0.39 is 82.9 Å². The summed E-state index contributed by atoms with van der Waals surface area (Å²) in [6.07, 6.45) is 1.69. The van der Waals surface area contributed by atoms with Gasteiger partial charge in [-0.05, 0) is 92.4 Å². The highest BCUT2D eigenvalue weighted by Crippen LogP contribution is 2.44. The zero-order valence-electron chi connectivity index (χ0n) is 36.6. The van der Waals surface area contributed by atoms with Gasteiger partial charge in [0.2, 0.25) is 0 Å². The van der Waals surface area contributed by atoms with Crippen molar-refractivity contribution in [1.82, 2.24) is 24.3 Å². The zero-order valence-corrected chi connectivity index (χ0v) is 36.6. The summed E-state index contributed by atoms with van der Waals surface area (Å²) in [6, 6.07) is 2.73. The molecule has 15 nitrogen and oxygen atoms in total. The van der Waals surface area contributed by atoms with Gasteiger partial charge in [0.25, 0.3) is 0 Å². The minimum Gasteiger partial charge on any atom is -0.458 e. The quantitative estimate of drug-likeness (QED) is 0.179. The molecule has 58 heavy (non-hydrogen) atoms. The van der Waals surface area contributed by atoms with Gasteiger partial charge < -0.3 is 43.2 Å². The van der Waals surface area contributed by atoms with Gasteiger partial charge in [0.15, 0.2) is 22.8 Å². The Kier molecular flexibility index (Phi) is 14.1. The number of aromatic nitrogens is 3. The molecule has 15 heteroatoms. The second-order valence-electron chi connectivity index (χ2n) is 17.5. The number of esters is 1. The number of carbonyl (C=O) groups excluding carboxylic acids is 4. The number of aliphatic hydroxyl groups excluding tert-OH is 1. The van der Waals surface area contributed by atoms with E-state index in [1.165, 1.54) is 14.0 Å². The summed E-state index contributed by atoms with van der Waals surface area (Å²) in [5.74, 6) is -6.57. The maximum atomic E-state index is 14.8. The average Bonchev–Trinajstić information content (AvgIpc) is 3.73. The van der Waals surface area contributed by atoms with Gasteiger partial charge in [-0.3, -0.25) is 14.4 Å². The van der Waals surface area contributed by atoms with E-state index in [0.29, 0.717) is 44.5 Å². The number of rotatable bonds is 11. The van der Waals surface area contributed by atoms with E-state index in [-0.39, 0.29) is 30.8 Å². The summed E-state index contributed by atoms with van der Waals surface area (Å²) in [5, 5.41) is 11.8. The van der Waals surface area contributed by atoms with Crippen molar-refractivity contribution in [3.05, 3.63) is 24.7 Å². The van der Waals surface area contributed by atoms with Gasteiger partial charge >= 0.3 is 12.1 Å². The van der Waals surface area contributed by atoms with Crippen LogP contribution in [0.5, 0.6) is 0 Å². The number of fused-ring (bicyclic) bond motifs is 2. The van der Waals surface area contributed by atoms with Crippen molar-refractivity contribution in [2.24, 2.45) is 23.7 Å². The largest absolute Gasteiger partial charge is 0.458 e. The summed E-state index contributed by atoms with van der Waals surface area (Å²) in [4.78, 5) is 69.5. The summed E-state index contributed by atoms with van der Waals surface area (Å²) in [6.45, 7) is 19.3. The van der Waals surface area contributed by atoms with Crippen LogP contribution in [-0.4, -0.2) is 134 Å². The molecule has 2 aromatic heterocycles. The Morgan fingerprint density at radius 2 is 1.67 bits per heavy atom. The van der Waals surface area contributed by atoms with Crippen LogP contribution < -0.4 is 0 Å². The lowest BCUT2D eigenvalue weighted by Gasteiger charge is -2.52. The highest BCUT2D eigenvalue weighted by Gasteiger charge is 2.60. The molecule has 2 aromatic rings. The van der Waals surface area contributed by atoms with Gasteiger partial charge in [0.1, 0.15) is 23.9 Å². The third kappa shape index (κ3) is 8.70. The Hall–Kier alpha value is -3.50. The summed E-state index contributed by atoms with van der Waals surface area (Å²) in [5.41, 5.74) is -1.12. The number of aliphatic hydroxyl groups is 1. The van der Waals surface area contributed by atoms with E-state index >= 15 is 0 Å². The number of ketones is 2. The van der Waals surface area contributed by atoms with Crippen molar-refractivity contribution in [3.8, 4) is 0 Å². The van der Waals surface area contributed by atoms with Crippen molar-refractivity contribution in [1.29, 1.82) is 0 Å². The van der Waals surface area contributed by atoms with Crippen molar-refractivity contribution in [2.45, 2.75) is 161 Å². The van der Waals surface area contributed by atoms with Crippen molar-refractivity contribution in [3.63, 3.8) is 0 Å². The third-order valence-corrected chi connectivity index (χ3v) is 13.4. The SMILES string of the molecule is CC[C@H]1OC(=O)[C@H](C)C(=O)[C@H](C)[C@@H](O[C@]2(C)O[C@H](C)C[C@H](N(C)CC)[C@H]2O)[C@](C)(OC)C[C@@H](C)C(=O)[C@H](C)[C@H]2N(CCCCn3cnc4ncccc43)C(=O)O[C@]12C. The minimum absolute atomic E-state index is 0.122. The molecule has 5 heterocycles. The van der Waals surface area contributed by atoms with Crippen LogP contribution in [0.15, 0.2) is 24.7 Å². The molecule has 3 aliphatic rings. The molecule has 0 radical (unpaired) electrons. The van der Waals surface area contributed by atoms with Crippen LogP contribution in [0, 0.1) is 23.7 Å². The van der Waals surface area contributed by atoms with Crippen LogP contribution in [0.2, 0.25) is 0 Å². The molecule has 0 saturated carbocycles. The number of hydrogen-bond donors (Lipinski definition) is 1. The Labute approximate surface area is 343 Å². The molecule has 0 spiro atoms. The van der Waals surface area contributed by atoms with E-state index in [1.54, 1.807) is 52.0 Å². The molecule has 1 amide bonds. The third-order valence-electron chi connectivity index (χ3n) is 13.4.